The summed E-state index contributed by atoms with van der Waals surface area (Å²) in [5.41, 5.74) is 1.98. The van der Waals surface area contributed by atoms with Crippen LogP contribution in [0.2, 0.25) is 0 Å². The Labute approximate surface area is 160 Å². The van der Waals surface area contributed by atoms with Gasteiger partial charge in [0.2, 0.25) is 0 Å². The van der Waals surface area contributed by atoms with Crippen molar-refractivity contribution in [1.82, 2.24) is 4.90 Å². The van der Waals surface area contributed by atoms with Crippen molar-refractivity contribution in [3.8, 4) is 11.5 Å². The molecule has 2 aliphatic heterocycles. The van der Waals surface area contributed by atoms with Crippen LogP contribution in [0.15, 0.2) is 12.1 Å². The van der Waals surface area contributed by atoms with E-state index in [9.17, 15) is 10.2 Å². The van der Waals surface area contributed by atoms with Gasteiger partial charge in [0.15, 0.2) is 11.5 Å². The molecule has 1 saturated heterocycles. The number of benzene rings is 1. The molecule has 0 amide bonds. The first-order valence-corrected chi connectivity index (χ1v) is 11.0. The summed E-state index contributed by atoms with van der Waals surface area (Å²) in [5, 5.41) is 22.4. The lowest BCUT2D eigenvalue weighted by Crippen LogP contribution is -2.80. The van der Waals surface area contributed by atoms with Gasteiger partial charge in [-0.1, -0.05) is 13.0 Å². The number of aromatic hydroxyl groups is 1. The molecule has 1 aromatic rings. The molecule has 4 saturated carbocycles. The normalized spacial score (nSPS) is 49.0. The summed E-state index contributed by atoms with van der Waals surface area (Å²) in [6.07, 6.45) is 7.82. The molecule has 0 aromatic heterocycles. The maximum absolute atomic E-state index is 11.8. The van der Waals surface area contributed by atoms with Crippen LogP contribution < -0.4 is 4.74 Å². The maximum atomic E-state index is 11.8. The fourth-order valence-electron chi connectivity index (χ4n) is 8.38. The molecule has 8 rings (SSSR count). The molecule has 5 aliphatic carbocycles. The number of aliphatic hydroxyl groups is 1. The van der Waals surface area contributed by atoms with Gasteiger partial charge in [-0.25, -0.2) is 0 Å². The predicted octanol–water partition coefficient (Wildman–Crippen LogP) is 2.98. The van der Waals surface area contributed by atoms with Crippen LogP contribution in [-0.4, -0.2) is 45.9 Å². The zero-order valence-electron chi connectivity index (χ0n) is 16.1. The summed E-state index contributed by atoms with van der Waals surface area (Å²) in [6.45, 7) is 4.60. The summed E-state index contributed by atoms with van der Waals surface area (Å²) in [7, 11) is 0. The van der Waals surface area contributed by atoms with E-state index in [0.717, 1.165) is 44.6 Å². The number of hydrogen-bond acceptors (Lipinski definition) is 4. The Kier molecular flexibility index (Phi) is 2.60. The first kappa shape index (κ1) is 15.6. The number of fused-ring (bicyclic) bond motifs is 2. The highest BCUT2D eigenvalue weighted by atomic mass is 16.5. The number of rotatable bonds is 2. The lowest BCUT2D eigenvalue weighted by atomic mass is 9.35. The van der Waals surface area contributed by atoms with Gasteiger partial charge in [-0.3, -0.25) is 4.90 Å². The smallest absolute Gasteiger partial charge is 0.165 e. The van der Waals surface area contributed by atoms with E-state index in [1.54, 1.807) is 0 Å². The Morgan fingerprint density at radius 2 is 2.07 bits per heavy atom. The first-order chi connectivity index (χ1) is 13.0. The lowest BCUT2D eigenvalue weighted by molar-refractivity contribution is -0.265. The van der Waals surface area contributed by atoms with Crippen LogP contribution >= 0.6 is 0 Å². The van der Waals surface area contributed by atoms with Crippen molar-refractivity contribution >= 4 is 0 Å². The van der Waals surface area contributed by atoms with Crippen LogP contribution in [0.3, 0.4) is 0 Å². The van der Waals surface area contributed by atoms with E-state index in [2.05, 4.69) is 17.9 Å². The first-order valence-electron chi connectivity index (χ1n) is 11.0. The number of phenolic OH excluding ortho intramolecular Hbond substituents is 1. The highest BCUT2D eigenvalue weighted by Crippen LogP contribution is 2.76. The number of nitrogens with zero attached hydrogens (tertiary/aromatic N) is 1. The van der Waals surface area contributed by atoms with Crippen LogP contribution in [0.1, 0.15) is 56.6 Å². The third-order valence-corrected chi connectivity index (χ3v) is 9.67. The summed E-state index contributed by atoms with van der Waals surface area (Å²) in [4.78, 5) is 2.82. The molecule has 7 aliphatic rings. The molecule has 4 bridgehead atoms. The van der Waals surface area contributed by atoms with Crippen LogP contribution in [0.5, 0.6) is 11.5 Å². The molecule has 27 heavy (non-hydrogen) atoms. The van der Waals surface area contributed by atoms with Crippen molar-refractivity contribution in [3.63, 3.8) is 0 Å². The van der Waals surface area contributed by atoms with Gasteiger partial charge in [0.25, 0.3) is 0 Å². The summed E-state index contributed by atoms with van der Waals surface area (Å²) < 4.78 is 6.52. The number of likely N-dealkylation sites (tertiary alicyclic amines) is 1. The zero-order valence-corrected chi connectivity index (χ0v) is 16.1. The van der Waals surface area contributed by atoms with Gasteiger partial charge >= 0.3 is 0 Å². The van der Waals surface area contributed by atoms with E-state index in [4.69, 9.17) is 4.74 Å². The minimum absolute atomic E-state index is 0.0983. The Bertz CT molecular complexity index is 865. The molecule has 6 atom stereocenters. The molecule has 0 radical (unpaired) electrons. The van der Waals surface area contributed by atoms with Crippen LogP contribution in [-0.2, 0) is 11.8 Å². The van der Waals surface area contributed by atoms with Crippen molar-refractivity contribution in [2.75, 3.05) is 13.1 Å². The van der Waals surface area contributed by atoms with Crippen LogP contribution in [0.25, 0.3) is 0 Å². The number of ether oxygens (including phenoxy) is 1. The largest absolute Gasteiger partial charge is 0.504 e. The molecule has 4 nitrogen and oxygen atoms in total. The average Bonchev–Trinajstić information content (AvgIpc) is 3.38. The lowest BCUT2D eigenvalue weighted by Gasteiger charge is -2.73. The zero-order chi connectivity index (χ0) is 18.2. The molecule has 2 heterocycles. The van der Waals surface area contributed by atoms with Gasteiger partial charge in [-0.15, -0.1) is 0 Å². The van der Waals surface area contributed by atoms with Gasteiger partial charge in [0.05, 0.1) is 0 Å². The standard InChI is InChI=1S/C23H29NO3/c1-13-11-21-6-7-23(13,26)20-22(21)8-9-24(12-14-2-3-14)17(21)10-15-4-5-16(25)19(27-20)18(15)22/h4-5,13-14,17,20,25-26H,2-3,6-12H2,1H3. The highest BCUT2D eigenvalue weighted by molar-refractivity contribution is 5.63. The quantitative estimate of drug-likeness (QED) is 0.844. The molecule has 2 spiro atoms. The van der Waals surface area contributed by atoms with E-state index in [1.807, 2.05) is 6.07 Å². The maximum Gasteiger partial charge on any atom is 0.165 e. The van der Waals surface area contributed by atoms with E-state index in [0.29, 0.717) is 11.8 Å². The molecule has 6 unspecified atom stereocenters. The number of phenols is 1. The fourth-order valence-corrected chi connectivity index (χ4v) is 8.38. The van der Waals surface area contributed by atoms with Gasteiger partial charge in [-0.05, 0) is 75.0 Å². The topological polar surface area (TPSA) is 52.9 Å². The van der Waals surface area contributed by atoms with Gasteiger partial charge in [-0.2, -0.15) is 0 Å². The predicted molar refractivity (Wildman–Crippen MR) is 101 cm³/mol. The van der Waals surface area contributed by atoms with E-state index >= 15 is 0 Å². The van der Waals surface area contributed by atoms with Gasteiger partial charge < -0.3 is 14.9 Å². The second-order valence-corrected chi connectivity index (χ2v) is 10.6. The number of hydrogen-bond donors (Lipinski definition) is 2. The monoisotopic (exact) mass is 367 g/mol. The van der Waals surface area contributed by atoms with Crippen molar-refractivity contribution in [2.45, 2.75) is 75.0 Å². The Hall–Kier alpha value is -1.26. The minimum Gasteiger partial charge on any atom is -0.504 e. The third-order valence-electron chi connectivity index (χ3n) is 9.67. The molecule has 4 heteroatoms. The third kappa shape index (κ3) is 1.52. The molecule has 1 aromatic carbocycles. The van der Waals surface area contributed by atoms with Gasteiger partial charge in [0, 0.05) is 29.0 Å². The van der Waals surface area contributed by atoms with Crippen LogP contribution in [0.4, 0.5) is 0 Å². The molecular formula is C23H29NO3. The summed E-state index contributed by atoms with van der Waals surface area (Å²) >= 11 is 0. The van der Waals surface area contributed by atoms with Crippen LogP contribution in [0, 0.1) is 17.3 Å². The summed E-state index contributed by atoms with van der Waals surface area (Å²) in [5.74, 6) is 2.13. The van der Waals surface area contributed by atoms with Gasteiger partial charge in [0.1, 0.15) is 11.7 Å². The fraction of sp³-hybridized carbons (Fsp3) is 0.739. The van der Waals surface area contributed by atoms with Crippen molar-refractivity contribution in [3.05, 3.63) is 23.3 Å². The Morgan fingerprint density at radius 3 is 2.85 bits per heavy atom. The molecule has 5 fully saturated rings. The van der Waals surface area contributed by atoms with E-state index in [-0.39, 0.29) is 28.6 Å². The SMILES string of the molecule is CC1CC23CCC1(O)C1Oc4c(O)ccc5c4C12CCN(CC1CC1)C3C5. The Balaban J connectivity index is 1.50. The average molecular weight is 367 g/mol. The van der Waals surface area contributed by atoms with E-state index in [1.165, 1.54) is 30.5 Å². The van der Waals surface area contributed by atoms with Crippen molar-refractivity contribution in [2.24, 2.45) is 17.3 Å². The van der Waals surface area contributed by atoms with E-state index < -0.39 is 5.60 Å². The second-order valence-electron chi connectivity index (χ2n) is 10.6. The van der Waals surface area contributed by atoms with Crippen molar-refractivity contribution < 1.29 is 14.9 Å². The Morgan fingerprint density at radius 1 is 1.22 bits per heavy atom. The minimum atomic E-state index is -0.759. The molecule has 144 valence electrons. The number of piperidine rings is 1. The summed E-state index contributed by atoms with van der Waals surface area (Å²) in [6, 6.07) is 4.52. The molecular weight excluding hydrogens is 338 g/mol. The molecule has 2 N–H and O–H groups in total. The van der Waals surface area contributed by atoms with Crippen molar-refractivity contribution in [1.29, 1.82) is 0 Å². The highest BCUT2D eigenvalue weighted by Gasteiger charge is 2.79. The second kappa shape index (κ2) is 4.49.